The number of carbonyl (C=O) groups is 1. The van der Waals surface area contributed by atoms with E-state index in [4.69, 9.17) is 11.6 Å². The first kappa shape index (κ1) is 15.3. The van der Waals surface area contributed by atoms with Crippen LogP contribution in [0.4, 0.5) is 0 Å². The molecule has 4 heteroatoms. The van der Waals surface area contributed by atoms with Crippen LogP contribution in [0.15, 0.2) is 12.1 Å². The van der Waals surface area contributed by atoms with E-state index in [0.717, 1.165) is 44.0 Å². The Bertz CT molecular complexity index is 476. The van der Waals surface area contributed by atoms with E-state index in [2.05, 4.69) is 11.9 Å². The number of aromatic nitrogens is 1. The van der Waals surface area contributed by atoms with E-state index in [1.54, 1.807) is 6.07 Å². The fraction of sp³-hybridized carbons (Fsp3) is 0.625. The van der Waals surface area contributed by atoms with Gasteiger partial charge in [0, 0.05) is 24.3 Å². The largest absolute Gasteiger partial charge is 0.339 e. The maximum Gasteiger partial charge on any atom is 0.254 e. The Morgan fingerprint density at radius 2 is 2.15 bits per heavy atom. The normalized spacial score (nSPS) is 19.8. The van der Waals surface area contributed by atoms with Gasteiger partial charge in [-0.2, -0.15) is 0 Å². The minimum absolute atomic E-state index is 0.0979. The summed E-state index contributed by atoms with van der Waals surface area (Å²) < 4.78 is 0. The van der Waals surface area contributed by atoms with Crippen LogP contribution in [0.2, 0.25) is 5.15 Å². The molecule has 0 saturated carbocycles. The third-order valence-electron chi connectivity index (χ3n) is 4.17. The molecule has 0 aliphatic carbocycles. The first-order valence-corrected chi connectivity index (χ1v) is 7.97. The van der Waals surface area contributed by atoms with Crippen molar-refractivity contribution in [3.63, 3.8) is 0 Å². The topological polar surface area (TPSA) is 33.2 Å². The van der Waals surface area contributed by atoms with Crippen molar-refractivity contribution < 1.29 is 4.79 Å². The first-order valence-electron chi connectivity index (χ1n) is 7.59. The number of pyridine rings is 1. The lowest BCUT2D eigenvalue weighted by molar-refractivity contribution is 0.0759. The average molecular weight is 295 g/mol. The summed E-state index contributed by atoms with van der Waals surface area (Å²) in [5.74, 6) is 0.862. The molecule has 1 aromatic heterocycles. The van der Waals surface area contributed by atoms with Crippen molar-refractivity contribution in [2.45, 2.75) is 46.0 Å². The van der Waals surface area contributed by atoms with Gasteiger partial charge in [-0.3, -0.25) is 4.79 Å². The molecule has 110 valence electrons. The van der Waals surface area contributed by atoms with E-state index in [9.17, 15) is 4.79 Å². The highest BCUT2D eigenvalue weighted by molar-refractivity contribution is 6.29. The predicted octanol–water partition coefficient (Wildman–Crippen LogP) is 3.95. The van der Waals surface area contributed by atoms with Crippen LogP contribution in [0.25, 0.3) is 0 Å². The van der Waals surface area contributed by atoms with Crippen LogP contribution < -0.4 is 0 Å². The molecule has 1 aliphatic rings. The zero-order valence-electron chi connectivity index (χ0n) is 12.4. The van der Waals surface area contributed by atoms with E-state index in [0.29, 0.717) is 10.7 Å². The standard InChI is InChI=1S/C16H23ClN2O/c1-3-12-6-5-8-19(9-7-12)16(20)13-10-14(4-2)18-15(17)11-13/h10-12H,3-9H2,1-2H3. The first-order chi connectivity index (χ1) is 9.63. The highest BCUT2D eigenvalue weighted by Crippen LogP contribution is 2.22. The van der Waals surface area contributed by atoms with Gasteiger partial charge in [0.05, 0.1) is 0 Å². The Morgan fingerprint density at radius 1 is 1.35 bits per heavy atom. The Hall–Kier alpha value is -1.09. The number of aryl methyl sites for hydroxylation is 1. The Kier molecular flexibility index (Phi) is 5.41. The van der Waals surface area contributed by atoms with Gasteiger partial charge < -0.3 is 4.90 Å². The monoisotopic (exact) mass is 294 g/mol. The van der Waals surface area contributed by atoms with Crippen molar-refractivity contribution in [3.05, 3.63) is 28.5 Å². The van der Waals surface area contributed by atoms with Crippen molar-refractivity contribution in [3.8, 4) is 0 Å². The molecule has 1 unspecified atom stereocenters. The third kappa shape index (κ3) is 3.72. The van der Waals surface area contributed by atoms with Crippen molar-refractivity contribution in [1.29, 1.82) is 0 Å². The fourth-order valence-corrected chi connectivity index (χ4v) is 3.04. The molecule has 1 aromatic rings. The summed E-state index contributed by atoms with van der Waals surface area (Å²) in [7, 11) is 0. The van der Waals surface area contributed by atoms with Crippen molar-refractivity contribution in [1.82, 2.24) is 9.88 Å². The quantitative estimate of drug-likeness (QED) is 0.791. The van der Waals surface area contributed by atoms with E-state index >= 15 is 0 Å². The van der Waals surface area contributed by atoms with Crippen LogP contribution in [0.5, 0.6) is 0 Å². The van der Waals surface area contributed by atoms with Crippen LogP contribution in [0, 0.1) is 5.92 Å². The molecule has 1 amide bonds. The van der Waals surface area contributed by atoms with Crippen LogP contribution in [-0.4, -0.2) is 28.9 Å². The average Bonchev–Trinajstić information content (AvgIpc) is 2.71. The number of nitrogens with zero attached hydrogens (tertiary/aromatic N) is 2. The smallest absolute Gasteiger partial charge is 0.254 e. The lowest BCUT2D eigenvalue weighted by Gasteiger charge is -2.21. The van der Waals surface area contributed by atoms with E-state index < -0.39 is 0 Å². The SMILES string of the molecule is CCc1cc(C(=O)N2CCCC(CC)CC2)cc(Cl)n1. The maximum atomic E-state index is 12.6. The number of hydrogen-bond acceptors (Lipinski definition) is 2. The summed E-state index contributed by atoms with van der Waals surface area (Å²) in [5.41, 5.74) is 1.55. The molecule has 0 radical (unpaired) electrons. The van der Waals surface area contributed by atoms with Crippen molar-refractivity contribution in [2.24, 2.45) is 5.92 Å². The summed E-state index contributed by atoms with van der Waals surface area (Å²) in [6, 6.07) is 3.56. The summed E-state index contributed by atoms with van der Waals surface area (Å²) in [6.45, 7) is 5.97. The summed E-state index contributed by atoms with van der Waals surface area (Å²) >= 11 is 6.01. The molecule has 0 bridgehead atoms. The molecule has 1 fully saturated rings. The lowest BCUT2D eigenvalue weighted by atomic mass is 9.98. The van der Waals surface area contributed by atoms with E-state index in [1.165, 1.54) is 12.8 Å². The fourth-order valence-electron chi connectivity index (χ4n) is 2.82. The Balaban J connectivity index is 2.12. The number of hydrogen-bond donors (Lipinski definition) is 0. The number of carbonyl (C=O) groups excluding carboxylic acids is 1. The second-order valence-electron chi connectivity index (χ2n) is 5.52. The molecular weight excluding hydrogens is 272 g/mol. The van der Waals surface area contributed by atoms with Crippen LogP contribution in [0.1, 0.15) is 55.6 Å². The summed E-state index contributed by atoms with van der Waals surface area (Å²) in [6.07, 6.45) is 5.45. The molecule has 1 saturated heterocycles. The summed E-state index contributed by atoms with van der Waals surface area (Å²) in [5, 5.41) is 0.411. The number of amides is 1. The van der Waals surface area contributed by atoms with E-state index in [-0.39, 0.29) is 5.91 Å². The highest BCUT2D eigenvalue weighted by Gasteiger charge is 2.21. The zero-order valence-corrected chi connectivity index (χ0v) is 13.1. The van der Waals surface area contributed by atoms with Gasteiger partial charge in [-0.25, -0.2) is 4.98 Å². The maximum absolute atomic E-state index is 12.6. The van der Waals surface area contributed by atoms with Gasteiger partial charge in [0.2, 0.25) is 0 Å². The molecule has 2 heterocycles. The third-order valence-corrected chi connectivity index (χ3v) is 4.36. The number of halogens is 1. The van der Waals surface area contributed by atoms with Gasteiger partial charge in [0.25, 0.3) is 5.91 Å². The molecular formula is C16H23ClN2O. The minimum Gasteiger partial charge on any atom is -0.339 e. The Morgan fingerprint density at radius 3 is 2.85 bits per heavy atom. The van der Waals surface area contributed by atoms with Gasteiger partial charge in [0.1, 0.15) is 5.15 Å². The van der Waals surface area contributed by atoms with Crippen LogP contribution >= 0.6 is 11.6 Å². The second kappa shape index (κ2) is 7.07. The Labute approximate surface area is 126 Å². The molecule has 20 heavy (non-hydrogen) atoms. The van der Waals surface area contributed by atoms with Gasteiger partial charge in [-0.15, -0.1) is 0 Å². The lowest BCUT2D eigenvalue weighted by Crippen LogP contribution is -2.32. The van der Waals surface area contributed by atoms with Crippen LogP contribution in [0.3, 0.4) is 0 Å². The number of rotatable bonds is 3. The van der Waals surface area contributed by atoms with Crippen molar-refractivity contribution >= 4 is 17.5 Å². The number of likely N-dealkylation sites (tertiary alicyclic amines) is 1. The van der Waals surface area contributed by atoms with E-state index in [1.807, 2.05) is 17.9 Å². The molecule has 1 aliphatic heterocycles. The predicted molar refractivity (Wildman–Crippen MR) is 82.2 cm³/mol. The molecule has 0 N–H and O–H groups in total. The van der Waals surface area contributed by atoms with Gasteiger partial charge in [0.15, 0.2) is 0 Å². The minimum atomic E-state index is 0.0979. The highest BCUT2D eigenvalue weighted by atomic mass is 35.5. The van der Waals surface area contributed by atoms with Crippen molar-refractivity contribution in [2.75, 3.05) is 13.1 Å². The summed E-state index contributed by atoms with van der Waals surface area (Å²) in [4.78, 5) is 18.8. The zero-order chi connectivity index (χ0) is 14.5. The van der Waals surface area contributed by atoms with Crippen LogP contribution in [-0.2, 0) is 6.42 Å². The van der Waals surface area contributed by atoms with Gasteiger partial charge in [-0.1, -0.05) is 31.9 Å². The molecule has 1 atom stereocenters. The van der Waals surface area contributed by atoms with Gasteiger partial charge in [-0.05, 0) is 43.7 Å². The molecule has 2 rings (SSSR count). The molecule has 0 aromatic carbocycles. The molecule has 0 spiro atoms. The molecule has 3 nitrogen and oxygen atoms in total. The second-order valence-corrected chi connectivity index (χ2v) is 5.91. The van der Waals surface area contributed by atoms with Gasteiger partial charge >= 0.3 is 0 Å².